The molecule has 4 aromatic heterocycles. The Hall–Kier alpha value is -1.97. The molecule has 4 heterocycles. The van der Waals surface area contributed by atoms with Crippen LogP contribution >= 0.6 is 34.4 Å². The van der Waals surface area contributed by atoms with Crippen LogP contribution in [-0.4, -0.2) is 31.2 Å². The van der Waals surface area contributed by atoms with E-state index in [9.17, 15) is 4.79 Å². The van der Waals surface area contributed by atoms with Crippen molar-refractivity contribution in [1.29, 1.82) is 0 Å². The molecule has 1 N–H and O–H groups in total. The first kappa shape index (κ1) is 20.9. The van der Waals surface area contributed by atoms with E-state index in [0.29, 0.717) is 12.3 Å². The standard InChI is InChI=1S/C22H25N5OS3/c1-12(2)19-24-21-18(15-7-6-13(3)9-16(15)31-21)20-25-26-22(27(19)20)30-11-17(28)23-10-14-5-4-8-29-14/h4-5,8,12-13H,6-7,9-11H2,1-3H3,(H,23,28)/t13-/m1/s1. The van der Waals surface area contributed by atoms with E-state index in [2.05, 4.69) is 40.7 Å². The molecule has 0 aliphatic heterocycles. The molecule has 0 aromatic carbocycles. The SMILES string of the molecule is CC(C)c1nc2sc3c(c2c2nnc(SCC(=O)NCc4cccs4)n12)CC[C@@H](C)C3. The summed E-state index contributed by atoms with van der Waals surface area (Å²) in [6.45, 7) is 7.18. The molecule has 1 aliphatic carbocycles. The lowest BCUT2D eigenvalue weighted by Crippen LogP contribution is -2.24. The lowest BCUT2D eigenvalue weighted by Gasteiger charge is -2.17. The Morgan fingerprint density at radius 2 is 2.26 bits per heavy atom. The zero-order chi connectivity index (χ0) is 21.5. The summed E-state index contributed by atoms with van der Waals surface area (Å²) in [5, 5.41) is 16.0. The first-order chi connectivity index (χ1) is 15.0. The second-order valence-corrected chi connectivity index (χ2v) is 11.5. The van der Waals surface area contributed by atoms with Gasteiger partial charge in [0.05, 0.1) is 17.7 Å². The van der Waals surface area contributed by atoms with Crippen molar-refractivity contribution in [1.82, 2.24) is 24.9 Å². The third-order valence-corrected chi connectivity index (χ3v) is 8.64. The highest BCUT2D eigenvalue weighted by molar-refractivity contribution is 7.99. The molecule has 1 atom stereocenters. The van der Waals surface area contributed by atoms with Crippen LogP contribution in [0.3, 0.4) is 0 Å². The van der Waals surface area contributed by atoms with Gasteiger partial charge >= 0.3 is 0 Å². The van der Waals surface area contributed by atoms with Crippen molar-refractivity contribution in [3.8, 4) is 0 Å². The molecule has 31 heavy (non-hydrogen) atoms. The number of nitrogens with one attached hydrogen (secondary N) is 1. The van der Waals surface area contributed by atoms with Crippen LogP contribution in [0, 0.1) is 5.92 Å². The number of rotatable bonds is 6. The summed E-state index contributed by atoms with van der Waals surface area (Å²) in [5.41, 5.74) is 2.30. The van der Waals surface area contributed by atoms with Crippen molar-refractivity contribution in [2.24, 2.45) is 5.92 Å². The van der Waals surface area contributed by atoms with E-state index < -0.39 is 0 Å². The minimum atomic E-state index is -0.00261. The summed E-state index contributed by atoms with van der Waals surface area (Å²) in [6, 6.07) is 4.02. The fourth-order valence-electron chi connectivity index (χ4n) is 4.10. The molecule has 162 valence electrons. The molecular weight excluding hydrogens is 446 g/mol. The number of aryl methyl sites for hydroxylation is 1. The molecule has 1 aliphatic rings. The summed E-state index contributed by atoms with van der Waals surface area (Å²) in [5.74, 6) is 2.21. The van der Waals surface area contributed by atoms with Crippen molar-refractivity contribution in [3.63, 3.8) is 0 Å². The Morgan fingerprint density at radius 3 is 3.03 bits per heavy atom. The molecule has 1 amide bonds. The van der Waals surface area contributed by atoms with Crippen molar-refractivity contribution >= 4 is 56.2 Å². The number of amides is 1. The van der Waals surface area contributed by atoms with E-state index >= 15 is 0 Å². The zero-order valence-corrected chi connectivity index (χ0v) is 20.3. The molecule has 0 radical (unpaired) electrons. The van der Waals surface area contributed by atoms with Crippen LogP contribution in [0.25, 0.3) is 15.9 Å². The highest BCUT2D eigenvalue weighted by Gasteiger charge is 2.26. The molecule has 0 unspecified atom stereocenters. The molecule has 0 saturated heterocycles. The summed E-state index contributed by atoms with van der Waals surface area (Å²) in [6.07, 6.45) is 3.41. The maximum Gasteiger partial charge on any atom is 0.230 e. The number of aromatic nitrogens is 4. The first-order valence-electron chi connectivity index (χ1n) is 10.6. The fraction of sp³-hybridized carbons (Fsp3) is 0.455. The second kappa shape index (κ2) is 8.52. The summed E-state index contributed by atoms with van der Waals surface area (Å²) >= 11 is 4.89. The monoisotopic (exact) mass is 471 g/mol. The third kappa shape index (κ3) is 3.99. The molecule has 0 spiro atoms. The van der Waals surface area contributed by atoms with Gasteiger partial charge in [-0.1, -0.05) is 38.6 Å². The maximum atomic E-state index is 12.4. The lowest BCUT2D eigenvalue weighted by molar-refractivity contribution is -0.118. The molecule has 0 fully saturated rings. The van der Waals surface area contributed by atoms with Gasteiger partial charge in [-0.3, -0.25) is 9.20 Å². The average Bonchev–Trinajstić information content (AvgIpc) is 3.47. The Bertz CT molecular complexity index is 1240. The van der Waals surface area contributed by atoms with E-state index in [-0.39, 0.29) is 11.8 Å². The van der Waals surface area contributed by atoms with Gasteiger partial charge in [-0.2, -0.15) is 0 Å². The van der Waals surface area contributed by atoms with Crippen LogP contribution in [0.2, 0.25) is 0 Å². The predicted octanol–water partition coefficient (Wildman–Crippen LogP) is 5.06. The van der Waals surface area contributed by atoms with Crippen LogP contribution in [0.1, 0.15) is 54.3 Å². The van der Waals surface area contributed by atoms with Gasteiger partial charge in [0.15, 0.2) is 10.8 Å². The average molecular weight is 472 g/mol. The van der Waals surface area contributed by atoms with Crippen LogP contribution in [0.4, 0.5) is 0 Å². The van der Waals surface area contributed by atoms with Gasteiger partial charge in [0.2, 0.25) is 5.91 Å². The molecule has 6 nitrogen and oxygen atoms in total. The molecule has 0 bridgehead atoms. The molecule has 4 aromatic rings. The van der Waals surface area contributed by atoms with Gasteiger partial charge in [-0.05, 0) is 42.2 Å². The van der Waals surface area contributed by atoms with Crippen molar-refractivity contribution in [2.75, 3.05) is 5.75 Å². The van der Waals surface area contributed by atoms with Crippen LogP contribution in [-0.2, 0) is 24.2 Å². The Kier molecular flexibility index (Phi) is 5.75. The minimum absolute atomic E-state index is 0.00261. The van der Waals surface area contributed by atoms with E-state index in [1.54, 1.807) is 11.3 Å². The van der Waals surface area contributed by atoms with Crippen molar-refractivity contribution in [3.05, 3.63) is 38.7 Å². The number of thiophene rings is 2. The zero-order valence-electron chi connectivity index (χ0n) is 17.8. The van der Waals surface area contributed by atoms with Gasteiger partial charge in [-0.15, -0.1) is 32.9 Å². The first-order valence-corrected chi connectivity index (χ1v) is 13.3. The van der Waals surface area contributed by atoms with E-state index in [4.69, 9.17) is 4.98 Å². The van der Waals surface area contributed by atoms with Gasteiger partial charge < -0.3 is 5.32 Å². The number of nitrogens with zero attached hydrogens (tertiary/aromatic N) is 4. The summed E-state index contributed by atoms with van der Waals surface area (Å²) in [4.78, 5) is 21.1. The van der Waals surface area contributed by atoms with E-state index in [1.165, 1.54) is 28.6 Å². The van der Waals surface area contributed by atoms with E-state index in [0.717, 1.165) is 50.5 Å². The smallest absolute Gasteiger partial charge is 0.230 e. The number of carbonyl (C=O) groups is 1. The Balaban J connectivity index is 1.46. The second-order valence-electron chi connectivity index (χ2n) is 8.44. The van der Waals surface area contributed by atoms with Crippen LogP contribution in [0.5, 0.6) is 0 Å². The number of hydrogen-bond donors (Lipinski definition) is 1. The predicted molar refractivity (Wildman–Crippen MR) is 128 cm³/mol. The highest BCUT2D eigenvalue weighted by atomic mass is 32.2. The molecular formula is C22H25N5OS3. The number of hydrogen-bond acceptors (Lipinski definition) is 7. The van der Waals surface area contributed by atoms with Gasteiger partial charge in [-0.25, -0.2) is 4.98 Å². The fourth-order valence-corrected chi connectivity index (χ4v) is 6.90. The van der Waals surface area contributed by atoms with Crippen molar-refractivity contribution < 1.29 is 4.79 Å². The quantitative estimate of drug-likeness (QED) is 0.398. The van der Waals surface area contributed by atoms with Crippen LogP contribution in [0.15, 0.2) is 22.7 Å². The third-order valence-electron chi connectivity index (χ3n) is 5.68. The number of carbonyl (C=O) groups excluding carboxylic acids is 1. The Morgan fingerprint density at radius 1 is 1.39 bits per heavy atom. The lowest BCUT2D eigenvalue weighted by atomic mass is 9.89. The topological polar surface area (TPSA) is 72.2 Å². The van der Waals surface area contributed by atoms with Crippen molar-refractivity contribution in [2.45, 2.75) is 57.7 Å². The maximum absolute atomic E-state index is 12.4. The number of fused-ring (bicyclic) bond motifs is 5. The molecule has 0 saturated carbocycles. The van der Waals surface area contributed by atoms with Gasteiger partial charge in [0.25, 0.3) is 0 Å². The largest absolute Gasteiger partial charge is 0.350 e. The molecule has 5 rings (SSSR count). The van der Waals surface area contributed by atoms with Gasteiger partial charge in [0, 0.05) is 15.7 Å². The molecule has 9 heteroatoms. The summed E-state index contributed by atoms with van der Waals surface area (Å²) < 4.78 is 2.08. The van der Waals surface area contributed by atoms with E-state index in [1.807, 2.05) is 28.8 Å². The van der Waals surface area contributed by atoms with Crippen LogP contribution < -0.4 is 5.32 Å². The number of thioether (sulfide) groups is 1. The summed E-state index contributed by atoms with van der Waals surface area (Å²) in [7, 11) is 0. The minimum Gasteiger partial charge on any atom is -0.350 e. The highest BCUT2D eigenvalue weighted by Crippen LogP contribution is 2.40. The Labute approximate surface area is 193 Å². The normalized spacial score (nSPS) is 16.3. The van der Waals surface area contributed by atoms with Gasteiger partial charge in [0.1, 0.15) is 10.7 Å².